The smallest absolute Gasteiger partial charge is 0.269 e. The second-order valence-corrected chi connectivity index (χ2v) is 9.31. The number of amides is 1. The van der Waals surface area contributed by atoms with Crippen molar-refractivity contribution in [3.8, 4) is 0 Å². The van der Waals surface area contributed by atoms with Gasteiger partial charge in [0.25, 0.3) is 5.91 Å². The zero-order valence-electron chi connectivity index (χ0n) is 16.0. The number of anilines is 1. The molecule has 0 spiro atoms. The van der Waals surface area contributed by atoms with E-state index in [9.17, 15) is 4.79 Å². The summed E-state index contributed by atoms with van der Waals surface area (Å²) in [6, 6.07) is 8.94. The molecule has 0 radical (unpaired) electrons. The van der Waals surface area contributed by atoms with E-state index >= 15 is 0 Å². The average molecular weight is 452 g/mol. The molecule has 1 aromatic heterocycles. The first kappa shape index (κ1) is 21.6. The molecule has 3 rings (SSSR count). The highest BCUT2D eigenvalue weighted by Crippen LogP contribution is 2.30. The highest BCUT2D eigenvalue weighted by atomic mass is 35.5. The average Bonchev–Trinajstić information content (AvgIpc) is 3.39. The van der Waals surface area contributed by atoms with E-state index in [2.05, 4.69) is 33.0 Å². The monoisotopic (exact) mass is 451 g/mol. The van der Waals surface area contributed by atoms with Gasteiger partial charge in [0.2, 0.25) is 0 Å². The first-order valence-corrected chi connectivity index (χ1v) is 11.3. The molecule has 1 unspecified atom stereocenters. The number of carbonyl (C=O) groups excluding carboxylic acids is 1. The second-order valence-electron chi connectivity index (χ2n) is 6.42. The predicted molar refractivity (Wildman–Crippen MR) is 124 cm³/mol. The number of aromatic amines is 1. The Morgan fingerprint density at radius 3 is 2.86 bits per heavy atom. The normalized spacial score (nSPS) is 16.6. The Morgan fingerprint density at radius 1 is 1.38 bits per heavy atom. The van der Waals surface area contributed by atoms with E-state index in [4.69, 9.17) is 28.6 Å². The van der Waals surface area contributed by atoms with Gasteiger partial charge in [0.1, 0.15) is 5.03 Å². The number of nitrogens with zero attached hydrogens (tertiary/aromatic N) is 2. The van der Waals surface area contributed by atoms with Gasteiger partial charge in [0.15, 0.2) is 0 Å². The molecule has 1 atom stereocenters. The van der Waals surface area contributed by atoms with Gasteiger partial charge < -0.3 is 20.6 Å². The minimum atomic E-state index is -0.459. The van der Waals surface area contributed by atoms with Crippen molar-refractivity contribution in [3.63, 3.8) is 0 Å². The summed E-state index contributed by atoms with van der Waals surface area (Å²) in [6.07, 6.45) is 5.08. The molecule has 9 heteroatoms. The molecule has 1 amide bonds. The van der Waals surface area contributed by atoms with Gasteiger partial charge >= 0.3 is 0 Å². The Kier molecular flexibility index (Phi) is 7.55. The zero-order valence-corrected chi connectivity index (χ0v) is 18.3. The van der Waals surface area contributed by atoms with Crippen LogP contribution in [0.3, 0.4) is 0 Å². The molecular formula is C20H23Cl2N5OS. The largest absolute Gasteiger partial charge is 0.367 e. The fourth-order valence-corrected chi connectivity index (χ4v) is 5.24. The lowest BCUT2D eigenvalue weighted by Gasteiger charge is -2.23. The molecule has 3 N–H and O–H groups in total. The fourth-order valence-electron chi connectivity index (χ4n) is 3.06. The number of allylic oxidation sites excluding steroid dienone is 1. The summed E-state index contributed by atoms with van der Waals surface area (Å²) in [4.78, 5) is 17.6. The third-order valence-corrected chi connectivity index (χ3v) is 7.25. The topological polar surface area (TPSA) is 75.2 Å². The number of halogens is 2. The summed E-state index contributed by atoms with van der Waals surface area (Å²) in [5.41, 5.74) is 2.23. The summed E-state index contributed by atoms with van der Waals surface area (Å²) in [5, 5.41) is 13.3. The summed E-state index contributed by atoms with van der Waals surface area (Å²) >= 11 is 12.3. The van der Waals surface area contributed by atoms with E-state index in [0.717, 1.165) is 18.5 Å². The molecular weight excluding hydrogens is 429 g/mol. The lowest BCUT2D eigenvalue weighted by Crippen LogP contribution is -2.26. The molecule has 1 aliphatic heterocycles. The molecule has 0 saturated carbocycles. The van der Waals surface area contributed by atoms with Crippen LogP contribution in [0.25, 0.3) is 0 Å². The lowest BCUT2D eigenvalue weighted by molar-refractivity contribution is -0.112. The first-order chi connectivity index (χ1) is 14.0. The maximum Gasteiger partial charge on any atom is 0.269 e. The van der Waals surface area contributed by atoms with E-state index in [1.54, 1.807) is 24.3 Å². The van der Waals surface area contributed by atoms with Crippen LogP contribution in [0.4, 0.5) is 5.69 Å². The van der Waals surface area contributed by atoms with Crippen LogP contribution in [0.5, 0.6) is 0 Å². The predicted octanol–water partition coefficient (Wildman–Crippen LogP) is 4.49. The van der Waals surface area contributed by atoms with Gasteiger partial charge in [-0.1, -0.05) is 29.3 Å². The molecule has 29 heavy (non-hydrogen) atoms. The molecule has 1 saturated heterocycles. The van der Waals surface area contributed by atoms with Crippen molar-refractivity contribution in [2.75, 3.05) is 25.1 Å². The van der Waals surface area contributed by atoms with E-state index in [1.807, 2.05) is 17.3 Å². The van der Waals surface area contributed by atoms with Crippen LogP contribution in [-0.2, 0) is 10.5 Å². The SMILES string of the molecule is C/C=S(\Cc1cc[nH]c1)N1CCN(/C(C=N)=C(\Cl)C(=O)Nc2cccc(Cl)c2)C1. The minimum absolute atomic E-state index is 0.00665. The van der Waals surface area contributed by atoms with Gasteiger partial charge in [-0.3, -0.25) is 4.79 Å². The Balaban J connectivity index is 1.70. The lowest BCUT2D eigenvalue weighted by atomic mass is 10.3. The molecule has 0 bridgehead atoms. The van der Waals surface area contributed by atoms with Crippen LogP contribution in [0.1, 0.15) is 12.5 Å². The summed E-state index contributed by atoms with van der Waals surface area (Å²) in [7, 11) is -0.0428. The number of hydrogen-bond donors (Lipinski definition) is 3. The number of benzene rings is 1. The highest BCUT2D eigenvalue weighted by Gasteiger charge is 2.26. The number of aromatic nitrogens is 1. The van der Waals surface area contributed by atoms with Crippen LogP contribution in [0.15, 0.2) is 53.5 Å². The van der Waals surface area contributed by atoms with Crippen LogP contribution >= 0.6 is 33.9 Å². The molecule has 6 nitrogen and oxygen atoms in total. The second kappa shape index (κ2) is 10.1. The summed E-state index contributed by atoms with van der Waals surface area (Å²) < 4.78 is 2.34. The Hall–Kier alpha value is -2.06. The third-order valence-electron chi connectivity index (χ3n) is 4.51. The molecule has 2 heterocycles. The number of H-pyrrole nitrogens is 1. The van der Waals surface area contributed by atoms with Gasteiger partial charge in [-0.2, -0.15) is 0 Å². The Bertz CT molecular complexity index is 942. The molecule has 1 aliphatic rings. The molecule has 154 valence electrons. The van der Waals surface area contributed by atoms with Crippen molar-refractivity contribution in [2.45, 2.75) is 12.7 Å². The van der Waals surface area contributed by atoms with Crippen LogP contribution < -0.4 is 5.32 Å². The quantitative estimate of drug-likeness (QED) is 0.329. The van der Waals surface area contributed by atoms with Gasteiger partial charge in [-0.05, 0) is 42.1 Å². The standard InChI is InChI=1S/C20H23Cl2N5OS/c1-2-29(13-15-6-7-24-12-15)27-9-8-26(14-27)18(11-23)19(22)20(28)25-17-5-3-4-16(21)10-17/h2-7,10-12,23-24H,8-9,13-14H2,1H3,(H,25,28)/b19-18-,23-11?. The fraction of sp³-hybridized carbons (Fsp3) is 0.250. The summed E-state index contributed by atoms with van der Waals surface area (Å²) in [6.45, 7) is 4.23. The number of hydrogen-bond acceptors (Lipinski definition) is 4. The van der Waals surface area contributed by atoms with Crippen molar-refractivity contribution in [2.24, 2.45) is 0 Å². The van der Waals surface area contributed by atoms with Crippen molar-refractivity contribution < 1.29 is 4.79 Å². The zero-order chi connectivity index (χ0) is 20.8. The van der Waals surface area contributed by atoms with Crippen molar-refractivity contribution in [1.29, 1.82) is 5.41 Å². The van der Waals surface area contributed by atoms with E-state index in [-0.39, 0.29) is 15.7 Å². The van der Waals surface area contributed by atoms with Gasteiger partial charge in [0, 0.05) is 48.2 Å². The molecule has 2 aromatic rings. The maximum atomic E-state index is 12.6. The Labute approximate surface area is 183 Å². The van der Waals surface area contributed by atoms with Crippen LogP contribution in [-0.4, -0.2) is 51.4 Å². The van der Waals surface area contributed by atoms with E-state index in [0.29, 0.717) is 29.6 Å². The first-order valence-electron chi connectivity index (χ1n) is 9.10. The van der Waals surface area contributed by atoms with Gasteiger partial charge in [-0.15, -0.1) is 10.7 Å². The van der Waals surface area contributed by atoms with Crippen molar-refractivity contribution in [3.05, 3.63) is 64.0 Å². The highest BCUT2D eigenvalue weighted by molar-refractivity contribution is 8.12. The number of carbonyl (C=O) groups is 1. The number of nitrogens with one attached hydrogen (secondary N) is 3. The van der Waals surface area contributed by atoms with E-state index < -0.39 is 5.91 Å². The van der Waals surface area contributed by atoms with Crippen molar-refractivity contribution in [1.82, 2.24) is 14.2 Å². The van der Waals surface area contributed by atoms with Crippen LogP contribution in [0.2, 0.25) is 5.02 Å². The Morgan fingerprint density at radius 2 is 2.21 bits per heavy atom. The van der Waals surface area contributed by atoms with Crippen LogP contribution in [0, 0.1) is 5.41 Å². The molecule has 0 aliphatic carbocycles. The van der Waals surface area contributed by atoms with E-state index in [1.165, 1.54) is 5.56 Å². The minimum Gasteiger partial charge on any atom is -0.367 e. The maximum absolute atomic E-state index is 12.6. The van der Waals surface area contributed by atoms with Crippen molar-refractivity contribution >= 4 is 57.0 Å². The number of rotatable bonds is 7. The summed E-state index contributed by atoms with van der Waals surface area (Å²) in [5.74, 6) is 0.472. The van der Waals surface area contributed by atoms with Gasteiger partial charge in [0.05, 0.1) is 12.4 Å². The molecule has 1 fully saturated rings. The van der Waals surface area contributed by atoms with Gasteiger partial charge in [-0.25, -0.2) is 4.31 Å². The molecule has 1 aromatic carbocycles. The third kappa shape index (κ3) is 5.51.